The Morgan fingerprint density at radius 3 is 2.91 bits per heavy atom. The van der Waals surface area contributed by atoms with Gasteiger partial charge in [-0.15, -0.1) is 5.10 Å². The van der Waals surface area contributed by atoms with Crippen LogP contribution in [0.3, 0.4) is 0 Å². The van der Waals surface area contributed by atoms with Crippen LogP contribution in [0.15, 0.2) is 23.1 Å². The highest BCUT2D eigenvalue weighted by atomic mass is 16.3. The van der Waals surface area contributed by atoms with Gasteiger partial charge in [-0.3, -0.25) is 9.58 Å². The predicted molar refractivity (Wildman–Crippen MR) is 118 cm³/mol. The molecule has 4 aromatic rings. The number of anilines is 1. The first-order chi connectivity index (χ1) is 15.7. The molecule has 0 radical (unpaired) electrons. The normalized spacial score (nSPS) is 17.4. The zero-order valence-corrected chi connectivity index (χ0v) is 18.2. The fraction of sp³-hybridized carbons (Fsp3) is 0.500. The van der Waals surface area contributed by atoms with Gasteiger partial charge in [-0.1, -0.05) is 12.8 Å². The number of hydrogen-bond donors (Lipinski definition) is 1. The van der Waals surface area contributed by atoms with E-state index >= 15 is 0 Å². The van der Waals surface area contributed by atoms with Crippen molar-refractivity contribution in [2.24, 2.45) is 0 Å². The fourth-order valence-corrected chi connectivity index (χ4v) is 5.09. The van der Waals surface area contributed by atoms with Gasteiger partial charge < -0.3 is 10.2 Å². The molecule has 166 valence electrons. The van der Waals surface area contributed by atoms with Gasteiger partial charge in [-0.25, -0.2) is 15.0 Å². The van der Waals surface area contributed by atoms with Crippen molar-refractivity contribution in [3.8, 4) is 11.6 Å². The summed E-state index contributed by atoms with van der Waals surface area (Å²) in [6.07, 6.45) is 12.2. The van der Waals surface area contributed by atoms with E-state index in [0.717, 1.165) is 43.9 Å². The Morgan fingerprint density at radius 2 is 2.09 bits per heavy atom. The molecule has 5 heterocycles. The molecule has 0 spiro atoms. The third kappa shape index (κ3) is 3.26. The van der Waals surface area contributed by atoms with Crippen LogP contribution in [-0.2, 0) is 19.4 Å². The lowest BCUT2D eigenvalue weighted by Crippen LogP contribution is -2.33. The molecule has 0 saturated heterocycles. The number of aryl methyl sites for hydroxylation is 1. The van der Waals surface area contributed by atoms with E-state index in [2.05, 4.69) is 30.8 Å². The van der Waals surface area contributed by atoms with E-state index in [4.69, 9.17) is 20.2 Å². The summed E-state index contributed by atoms with van der Waals surface area (Å²) in [4.78, 5) is 15.8. The van der Waals surface area contributed by atoms with Crippen LogP contribution in [0.25, 0.3) is 17.2 Å². The van der Waals surface area contributed by atoms with Crippen LogP contribution >= 0.6 is 0 Å². The van der Waals surface area contributed by atoms with Crippen LogP contribution in [0.1, 0.15) is 54.4 Å². The quantitative estimate of drug-likeness (QED) is 0.510. The van der Waals surface area contributed by atoms with E-state index < -0.39 is 0 Å². The van der Waals surface area contributed by atoms with E-state index in [9.17, 15) is 0 Å². The zero-order valence-electron chi connectivity index (χ0n) is 18.2. The smallest absolute Gasteiger partial charge is 0.245 e. The second kappa shape index (κ2) is 7.70. The molecule has 0 bridgehead atoms. The van der Waals surface area contributed by atoms with Crippen LogP contribution in [0, 0.1) is 6.92 Å². The summed E-state index contributed by atoms with van der Waals surface area (Å²) < 4.78 is 9.32. The lowest BCUT2D eigenvalue weighted by molar-refractivity contribution is 0.250. The highest BCUT2D eigenvalue weighted by Crippen LogP contribution is 2.32. The van der Waals surface area contributed by atoms with E-state index in [1.807, 2.05) is 6.92 Å². The monoisotopic (exact) mass is 433 g/mol. The molecule has 2 N–H and O–H groups in total. The minimum atomic E-state index is 0.277. The highest BCUT2D eigenvalue weighted by molar-refractivity contribution is 5.65. The SMILES string of the molecule is Cc1c(-c2ncco2)nc(N)n2nc(CCN3CCc4c(cnn4C4CCCC4)C3)nc12. The molecule has 10 nitrogen and oxygen atoms in total. The Labute approximate surface area is 185 Å². The van der Waals surface area contributed by atoms with Gasteiger partial charge in [0.15, 0.2) is 11.5 Å². The minimum Gasteiger partial charge on any atom is -0.443 e. The lowest BCUT2D eigenvalue weighted by Gasteiger charge is -2.27. The topological polar surface area (TPSA) is 116 Å². The van der Waals surface area contributed by atoms with Gasteiger partial charge in [0, 0.05) is 49.3 Å². The maximum atomic E-state index is 6.15. The van der Waals surface area contributed by atoms with Gasteiger partial charge in [-0.05, 0) is 19.8 Å². The first-order valence-corrected chi connectivity index (χ1v) is 11.4. The van der Waals surface area contributed by atoms with Crippen molar-refractivity contribution in [3.05, 3.63) is 41.3 Å². The van der Waals surface area contributed by atoms with Crippen molar-refractivity contribution in [1.29, 1.82) is 0 Å². The molecule has 10 heteroatoms. The number of nitrogen functional groups attached to an aromatic ring is 1. The van der Waals surface area contributed by atoms with Crippen LogP contribution < -0.4 is 5.73 Å². The first-order valence-electron chi connectivity index (χ1n) is 11.4. The summed E-state index contributed by atoms with van der Waals surface area (Å²) >= 11 is 0. The van der Waals surface area contributed by atoms with Crippen molar-refractivity contribution < 1.29 is 4.42 Å². The van der Waals surface area contributed by atoms with E-state index in [0.29, 0.717) is 23.3 Å². The fourth-order valence-electron chi connectivity index (χ4n) is 5.09. The van der Waals surface area contributed by atoms with Gasteiger partial charge >= 0.3 is 0 Å². The number of nitrogens with two attached hydrogens (primary N) is 1. The molecule has 32 heavy (non-hydrogen) atoms. The number of fused-ring (bicyclic) bond motifs is 2. The molecule has 1 saturated carbocycles. The number of aromatic nitrogens is 7. The summed E-state index contributed by atoms with van der Waals surface area (Å²) in [5.41, 5.74) is 11.1. The third-order valence-corrected chi connectivity index (χ3v) is 6.79. The van der Waals surface area contributed by atoms with Crippen molar-refractivity contribution in [3.63, 3.8) is 0 Å². The van der Waals surface area contributed by atoms with E-state index in [1.54, 1.807) is 10.7 Å². The molecule has 1 fully saturated rings. The van der Waals surface area contributed by atoms with Crippen LogP contribution in [0.2, 0.25) is 0 Å². The molecule has 1 aliphatic heterocycles. The van der Waals surface area contributed by atoms with Gasteiger partial charge in [0.1, 0.15) is 12.0 Å². The van der Waals surface area contributed by atoms with Crippen LogP contribution in [0.4, 0.5) is 5.95 Å². The van der Waals surface area contributed by atoms with E-state index in [-0.39, 0.29) is 5.95 Å². The maximum Gasteiger partial charge on any atom is 0.245 e. The molecule has 6 rings (SSSR count). The summed E-state index contributed by atoms with van der Waals surface area (Å²) in [7, 11) is 0. The molecule has 4 aromatic heterocycles. The highest BCUT2D eigenvalue weighted by Gasteiger charge is 2.26. The summed E-state index contributed by atoms with van der Waals surface area (Å²) in [5.74, 6) is 1.47. The Balaban J connectivity index is 1.18. The van der Waals surface area contributed by atoms with Crippen molar-refractivity contribution in [2.45, 2.75) is 58.0 Å². The second-order valence-corrected chi connectivity index (χ2v) is 8.82. The Bertz CT molecular complexity index is 1250. The minimum absolute atomic E-state index is 0.277. The van der Waals surface area contributed by atoms with Gasteiger partial charge in [0.25, 0.3) is 0 Å². The van der Waals surface area contributed by atoms with Gasteiger partial charge in [0.05, 0.1) is 18.4 Å². The maximum absolute atomic E-state index is 6.15. The molecular formula is C22H27N9O. The van der Waals surface area contributed by atoms with Gasteiger partial charge in [0.2, 0.25) is 11.8 Å². The predicted octanol–water partition coefficient (Wildman–Crippen LogP) is 2.58. The Kier molecular flexibility index (Phi) is 4.67. The Hall–Kier alpha value is -3.27. The molecule has 2 aliphatic rings. The second-order valence-electron chi connectivity index (χ2n) is 8.82. The summed E-state index contributed by atoms with van der Waals surface area (Å²) in [6.45, 7) is 4.81. The molecule has 0 unspecified atom stereocenters. The molecule has 0 amide bonds. The number of rotatable bonds is 5. The Morgan fingerprint density at radius 1 is 1.22 bits per heavy atom. The molecular weight excluding hydrogens is 406 g/mol. The zero-order chi connectivity index (χ0) is 21.7. The molecule has 0 aromatic carbocycles. The summed E-state index contributed by atoms with van der Waals surface area (Å²) in [6, 6.07) is 0.607. The average molecular weight is 434 g/mol. The number of oxazole rings is 1. The molecule has 1 aliphatic carbocycles. The lowest BCUT2D eigenvalue weighted by atomic mass is 10.1. The van der Waals surface area contributed by atoms with Crippen molar-refractivity contribution >= 4 is 11.6 Å². The standard InChI is InChI=1S/C22H27N9O/c1-14-19(21-24-8-11-32-21)27-22(23)31-20(14)26-18(28-31)7-10-29-9-6-17-15(13-29)12-25-30(17)16-4-2-3-5-16/h8,11-12,16H,2-7,9-10,13H2,1H3,(H2,23,27). The van der Waals surface area contributed by atoms with Crippen molar-refractivity contribution in [1.82, 2.24) is 39.2 Å². The van der Waals surface area contributed by atoms with Crippen LogP contribution in [-0.4, -0.2) is 52.3 Å². The number of hydrogen-bond acceptors (Lipinski definition) is 8. The largest absolute Gasteiger partial charge is 0.443 e. The van der Waals surface area contributed by atoms with Crippen LogP contribution in [0.5, 0.6) is 0 Å². The summed E-state index contributed by atoms with van der Waals surface area (Å²) in [5, 5.41) is 9.34. The first kappa shape index (κ1) is 19.4. The van der Waals surface area contributed by atoms with Gasteiger partial charge in [-0.2, -0.15) is 9.61 Å². The van der Waals surface area contributed by atoms with Crippen molar-refractivity contribution in [2.75, 3.05) is 18.8 Å². The average Bonchev–Trinajstić information content (AvgIpc) is 3.60. The third-order valence-electron chi connectivity index (χ3n) is 6.79. The number of nitrogens with zero attached hydrogens (tertiary/aromatic N) is 8. The van der Waals surface area contributed by atoms with E-state index in [1.165, 1.54) is 43.2 Å². The molecule has 0 atom stereocenters.